The van der Waals surface area contributed by atoms with Crippen LogP contribution in [0.5, 0.6) is 0 Å². The minimum absolute atomic E-state index is 0.326. The van der Waals surface area contributed by atoms with Gasteiger partial charge in [0.1, 0.15) is 5.82 Å². The number of anilines is 1. The zero-order chi connectivity index (χ0) is 17.0. The highest BCUT2D eigenvalue weighted by molar-refractivity contribution is 5.81. The van der Waals surface area contributed by atoms with Crippen LogP contribution in [0.2, 0.25) is 0 Å². The van der Waals surface area contributed by atoms with E-state index in [4.69, 9.17) is 5.73 Å². The molecule has 3 nitrogen and oxygen atoms in total. The van der Waals surface area contributed by atoms with E-state index in [2.05, 4.69) is 0 Å². The van der Waals surface area contributed by atoms with Gasteiger partial charge in [-0.1, -0.05) is 0 Å². The van der Waals surface area contributed by atoms with Crippen LogP contribution in [0.1, 0.15) is 37.7 Å². The lowest BCUT2D eigenvalue weighted by molar-refractivity contribution is -0.174. The number of halogens is 4. The lowest BCUT2D eigenvalue weighted by Gasteiger charge is -2.29. The molecule has 1 amide bonds. The third-order valence-electron chi connectivity index (χ3n) is 4.37. The van der Waals surface area contributed by atoms with Crippen molar-refractivity contribution in [3.8, 4) is 0 Å². The Bertz CT molecular complexity index is 552. The summed E-state index contributed by atoms with van der Waals surface area (Å²) in [6, 6.07) is 3.85. The van der Waals surface area contributed by atoms with Crippen molar-refractivity contribution in [3.63, 3.8) is 0 Å². The van der Waals surface area contributed by atoms with Gasteiger partial charge < -0.3 is 11.1 Å². The number of nitrogen functional groups attached to an aromatic ring is 1. The maximum atomic E-state index is 13.2. The van der Waals surface area contributed by atoms with E-state index in [0.29, 0.717) is 30.9 Å². The van der Waals surface area contributed by atoms with E-state index < -0.39 is 18.1 Å². The predicted molar refractivity (Wildman–Crippen MR) is 79.1 cm³/mol. The molecule has 0 atom stereocenters. The number of carbonyl (C=O) groups is 1. The number of amides is 1. The molecule has 0 aromatic heterocycles. The Hall–Kier alpha value is -1.79. The van der Waals surface area contributed by atoms with E-state index in [9.17, 15) is 22.4 Å². The van der Waals surface area contributed by atoms with Crippen LogP contribution in [-0.4, -0.2) is 18.1 Å². The number of benzene rings is 1. The standard InChI is InChI=1S/C16H20F4N2O/c17-12-5-8-14(21)11(9-12)4-1-10-2-6-13(7-3-10)22-15(23)16(18,19)20/h5,8-10,13H,1-4,6-7,21H2,(H,22,23). The molecule has 0 radical (unpaired) electrons. The zero-order valence-electron chi connectivity index (χ0n) is 12.6. The smallest absolute Gasteiger partial charge is 0.399 e. The topological polar surface area (TPSA) is 55.1 Å². The lowest BCUT2D eigenvalue weighted by atomic mass is 9.82. The third kappa shape index (κ3) is 5.11. The third-order valence-corrected chi connectivity index (χ3v) is 4.37. The second kappa shape index (κ2) is 7.19. The Morgan fingerprint density at radius 2 is 1.87 bits per heavy atom. The molecule has 0 saturated heterocycles. The van der Waals surface area contributed by atoms with Crippen molar-refractivity contribution in [1.29, 1.82) is 0 Å². The van der Waals surface area contributed by atoms with Gasteiger partial charge in [-0.15, -0.1) is 0 Å². The molecule has 0 bridgehead atoms. The molecule has 7 heteroatoms. The maximum absolute atomic E-state index is 13.2. The Morgan fingerprint density at radius 1 is 1.22 bits per heavy atom. The quantitative estimate of drug-likeness (QED) is 0.654. The first-order valence-corrected chi connectivity index (χ1v) is 7.67. The van der Waals surface area contributed by atoms with E-state index >= 15 is 0 Å². The molecule has 3 N–H and O–H groups in total. The predicted octanol–water partition coefficient (Wildman–Crippen LogP) is 3.58. The summed E-state index contributed by atoms with van der Waals surface area (Å²) in [7, 11) is 0. The van der Waals surface area contributed by atoms with Gasteiger partial charge in [0.15, 0.2) is 0 Å². The average Bonchev–Trinajstić information content (AvgIpc) is 2.48. The van der Waals surface area contributed by atoms with Crippen molar-refractivity contribution in [1.82, 2.24) is 5.32 Å². The summed E-state index contributed by atoms with van der Waals surface area (Å²) in [6.45, 7) is 0. The van der Waals surface area contributed by atoms with Gasteiger partial charge in [0.2, 0.25) is 0 Å². The number of hydrogen-bond acceptors (Lipinski definition) is 2. The van der Waals surface area contributed by atoms with Crippen molar-refractivity contribution in [2.75, 3.05) is 5.73 Å². The van der Waals surface area contributed by atoms with Crippen LogP contribution in [0.15, 0.2) is 18.2 Å². The van der Waals surface area contributed by atoms with Crippen LogP contribution < -0.4 is 11.1 Å². The molecule has 2 rings (SSSR count). The summed E-state index contributed by atoms with van der Waals surface area (Å²) in [4.78, 5) is 10.9. The minimum Gasteiger partial charge on any atom is -0.399 e. The van der Waals surface area contributed by atoms with Crippen LogP contribution in [0.3, 0.4) is 0 Å². The second-order valence-electron chi connectivity index (χ2n) is 6.07. The summed E-state index contributed by atoms with van der Waals surface area (Å²) in [5.74, 6) is -1.84. The van der Waals surface area contributed by atoms with Crippen molar-refractivity contribution >= 4 is 11.6 Å². The normalized spacial score (nSPS) is 21.9. The van der Waals surface area contributed by atoms with Gasteiger partial charge in [-0.25, -0.2) is 4.39 Å². The van der Waals surface area contributed by atoms with Gasteiger partial charge in [-0.3, -0.25) is 4.79 Å². The first-order chi connectivity index (χ1) is 10.8. The van der Waals surface area contributed by atoms with Gasteiger partial charge in [-0.2, -0.15) is 13.2 Å². The summed E-state index contributed by atoms with van der Waals surface area (Å²) in [6.07, 6.45) is -0.806. The molecule has 1 fully saturated rings. The van der Waals surface area contributed by atoms with Gasteiger partial charge in [-0.05, 0) is 68.2 Å². The number of nitrogens with one attached hydrogen (secondary N) is 1. The van der Waals surface area contributed by atoms with Crippen LogP contribution in [0, 0.1) is 11.7 Å². The van der Waals surface area contributed by atoms with Crippen molar-refractivity contribution in [3.05, 3.63) is 29.6 Å². The molecular formula is C16H20F4N2O. The number of rotatable bonds is 4. The molecule has 1 saturated carbocycles. The zero-order valence-corrected chi connectivity index (χ0v) is 12.6. The SMILES string of the molecule is Nc1ccc(F)cc1CCC1CCC(NC(=O)C(F)(F)F)CC1. The van der Waals surface area contributed by atoms with Crippen molar-refractivity contribution in [2.45, 2.75) is 50.7 Å². The number of nitrogens with two attached hydrogens (primary N) is 1. The van der Waals surface area contributed by atoms with E-state index in [1.54, 1.807) is 0 Å². The summed E-state index contributed by atoms with van der Waals surface area (Å²) in [5, 5.41) is 2.04. The van der Waals surface area contributed by atoms with Crippen LogP contribution in [-0.2, 0) is 11.2 Å². The Labute approximate surface area is 132 Å². The highest BCUT2D eigenvalue weighted by atomic mass is 19.4. The van der Waals surface area contributed by atoms with Crippen molar-refractivity contribution in [2.24, 2.45) is 5.92 Å². The van der Waals surface area contributed by atoms with E-state index in [-0.39, 0.29) is 5.82 Å². The fourth-order valence-corrected chi connectivity index (χ4v) is 3.01. The van der Waals surface area contributed by atoms with E-state index in [1.165, 1.54) is 18.2 Å². The maximum Gasteiger partial charge on any atom is 0.471 e. The van der Waals surface area contributed by atoms with Crippen LogP contribution >= 0.6 is 0 Å². The minimum atomic E-state index is -4.83. The molecule has 0 spiro atoms. The molecule has 0 aliphatic heterocycles. The number of carbonyl (C=O) groups excluding carboxylic acids is 1. The van der Waals surface area contributed by atoms with Gasteiger partial charge in [0, 0.05) is 11.7 Å². The van der Waals surface area contributed by atoms with Gasteiger partial charge in [0.25, 0.3) is 0 Å². The molecular weight excluding hydrogens is 312 g/mol. The highest BCUT2D eigenvalue weighted by Crippen LogP contribution is 2.29. The fourth-order valence-electron chi connectivity index (χ4n) is 3.01. The molecule has 23 heavy (non-hydrogen) atoms. The van der Waals surface area contributed by atoms with Gasteiger partial charge in [0.05, 0.1) is 0 Å². The molecule has 1 aliphatic rings. The monoisotopic (exact) mass is 332 g/mol. The summed E-state index contributed by atoms with van der Waals surface area (Å²) >= 11 is 0. The summed E-state index contributed by atoms with van der Waals surface area (Å²) < 4.78 is 49.8. The lowest BCUT2D eigenvalue weighted by Crippen LogP contribution is -2.44. The van der Waals surface area contributed by atoms with E-state index in [0.717, 1.165) is 24.8 Å². The van der Waals surface area contributed by atoms with E-state index in [1.807, 2.05) is 5.32 Å². The largest absolute Gasteiger partial charge is 0.471 e. The number of alkyl halides is 3. The molecule has 1 aromatic carbocycles. The van der Waals surface area contributed by atoms with Crippen molar-refractivity contribution < 1.29 is 22.4 Å². The second-order valence-corrected chi connectivity index (χ2v) is 6.07. The Kier molecular flexibility index (Phi) is 5.49. The fraction of sp³-hybridized carbons (Fsp3) is 0.562. The Morgan fingerprint density at radius 3 is 2.48 bits per heavy atom. The first-order valence-electron chi connectivity index (χ1n) is 7.67. The molecule has 0 heterocycles. The Balaban J connectivity index is 1.77. The molecule has 1 aromatic rings. The molecule has 128 valence electrons. The average molecular weight is 332 g/mol. The number of hydrogen-bond donors (Lipinski definition) is 2. The number of aryl methyl sites for hydroxylation is 1. The van der Waals surface area contributed by atoms with Crippen LogP contribution in [0.25, 0.3) is 0 Å². The molecule has 0 unspecified atom stereocenters. The first kappa shape index (κ1) is 17.6. The van der Waals surface area contributed by atoms with Crippen LogP contribution in [0.4, 0.5) is 23.2 Å². The summed E-state index contributed by atoms with van der Waals surface area (Å²) in [5.41, 5.74) is 7.12. The highest BCUT2D eigenvalue weighted by Gasteiger charge is 2.40. The molecule has 1 aliphatic carbocycles. The van der Waals surface area contributed by atoms with Gasteiger partial charge >= 0.3 is 12.1 Å².